The molecule has 0 saturated heterocycles. The molecule has 0 saturated carbocycles. The van der Waals surface area contributed by atoms with Crippen LogP contribution in [0.5, 0.6) is 0 Å². The molecule has 0 aliphatic carbocycles. The molecular weight excluding hydrogens is 416 g/mol. The van der Waals surface area contributed by atoms with E-state index in [0.29, 0.717) is 30.9 Å². The molecule has 9 heteroatoms. The highest BCUT2D eigenvalue weighted by molar-refractivity contribution is 7.13. The molecule has 2 aromatic rings. The Kier molecular flexibility index (Phi) is 8.99. The Morgan fingerprint density at radius 3 is 2.55 bits per heavy atom. The average molecular weight is 447 g/mol. The van der Waals surface area contributed by atoms with Crippen LogP contribution in [0, 0.1) is 6.92 Å². The van der Waals surface area contributed by atoms with Gasteiger partial charge in [-0.15, -0.1) is 11.3 Å². The Balaban J connectivity index is 1.77. The Morgan fingerprint density at radius 1 is 1.16 bits per heavy atom. The van der Waals surface area contributed by atoms with E-state index in [4.69, 9.17) is 4.74 Å². The summed E-state index contributed by atoms with van der Waals surface area (Å²) in [5.41, 5.74) is 0.293. The maximum atomic E-state index is 12.6. The molecule has 0 atom stereocenters. The van der Waals surface area contributed by atoms with Crippen molar-refractivity contribution >= 4 is 29.2 Å². The second-order valence-electron chi connectivity index (χ2n) is 8.06. The van der Waals surface area contributed by atoms with E-state index >= 15 is 0 Å². The first kappa shape index (κ1) is 24.3. The van der Waals surface area contributed by atoms with Gasteiger partial charge in [0, 0.05) is 30.4 Å². The van der Waals surface area contributed by atoms with Crippen molar-refractivity contribution in [3.8, 4) is 0 Å². The number of hydrogen-bond acceptors (Lipinski definition) is 6. The zero-order valence-corrected chi connectivity index (χ0v) is 19.3. The standard InChI is InChI=1S/C22H30N4O4S/c1-16-8-9-18(31-16)20(28)25-14-19(27)24-11-6-12-26(21(29)30-22(2,3)4)15-17-7-5-10-23-13-17/h5,7-10,13H,6,11-12,14-15H2,1-4H3,(H,24,27)(H,25,28). The monoisotopic (exact) mass is 446 g/mol. The Morgan fingerprint density at radius 2 is 1.94 bits per heavy atom. The third-order valence-corrected chi connectivity index (χ3v) is 5.05. The van der Waals surface area contributed by atoms with E-state index in [1.807, 2.05) is 45.9 Å². The van der Waals surface area contributed by atoms with Gasteiger partial charge in [0.2, 0.25) is 5.91 Å². The van der Waals surface area contributed by atoms with E-state index in [0.717, 1.165) is 10.4 Å². The lowest BCUT2D eigenvalue weighted by Crippen LogP contribution is -2.40. The van der Waals surface area contributed by atoms with Gasteiger partial charge in [-0.25, -0.2) is 4.79 Å². The number of pyridine rings is 1. The van der Waals surface area contributed by atoms with Crippen molar-refractivity contribution in [3.05, 3.63) is 52.0 Å². The van der Waals surface area contributed by atoms with Crippen LogP contribution >= 0.6 is 11.3 Å². The number of aromatic nitrogens is 1. The van der Waals surface area contributed by atoms with Crippen LogP contribution in [-0.2, 0) is 16.1 Å². The van der Waals surface area contributed by atoms with Crippen molar-refractivity contribution in [3.63, 3.8) is 0 Å². The van der Waals surface area contributed by atoms with E-state index in [9.17, 15) is 14.4 Å². The van der Waals surface area contributed by atoms with Gasteiger partial charge in [-0.05, 0) is 57.9 Å². The number of aryl methyl sites for hydroxylation is 1. The molecule has 8 nitrogen and oxygen atoms in total. The fourth-order valence-electron chi connectivity index (χ4n) is 2.64. The minimum absolute atomic E-state index is 0.0960. The number of nitrogens with one attached hydrogen (secondary N) is 2. The molecule has 2 heterocycles. The van der Waals surface area contributed by atoms with Crippen LogP contribution in [-0.4, -0.2) is 53.0 Å². The normalized spacial score (nSPS) is 11.0. The topological polar surface area (TPSA) is 101 Å². The Hall–Kier alpha value is -2.94. The number of nitrogens with zero attached hydrogens (tertiary/aromatic N) is 2. The van der Waals surface area contributed by atoms with Gasteiger partial charge in [0.25, 0.3) is 5.91 Å². The summed E-state index contributed by atoms with van der Waals surface area (Å²) in [7, 11) is 0. The molecule has 0 spiro atoms. The minimum atomic E-state index is -0.599. The van der Waals surface area contributed by atoms with Crippen molar-refractivity contribution < 1.29 is 19.1 Å². The summed E-state index contributed by atoms with van der Waals surface area (Å²) in [6.45, 7) is 8.43. The van der Waals surface area contributed by atoms with Crippen LogP contribution in [0.1, 0.15) is 47.3 Å². The molecule has 0 aliphatic rings. The zero-order chi connectivity index (χ0) is 22.9. The van der Waals surface area contributed by atoms with Gasteiger partial charge in [-0.1, -0.05) is 6.07 Å². The first-order chi connectivity index (χ1) is 14.6. The summed E-state index contributed by atoms with van der Waals surface area (Å²) >= 11 is 1.38. The van der Waals surface area contributed by atoms with Crippen LogP contribution in [0.15, 0.2) is 36.7 Å². The zero-order valence-electron chi connectivity index (χ0n) is 18.4. The predicted octanol–water partition coefficient (Wildman–Crippen LogP) is 3.12. The molecule has 31 heavy (non-hydrogen) atoms. The lowest BCUT2D eigenvalue weighted by Gasteiger charge is -2.27. The number of hydrogen-bond donors (Lipinski definition) is 2. The van der Waals surface area contributed by atoms with Crippen LogP contribution < -0.4 is 10.6 Å². The molecule has 2 N–H and O–H groups in total. The number of carbonyl (C=O) groups is 3. The molecule has 0 fully saturated rings. The largest absolute Gasteiger partial charge is 0.444 e. The van der Waals surface area contributed by atoms with E-state index < -0.39 is 11.7 Å². The van der Waals surface area contributed by atoms with Gasteiger partial charge in [0.1, 0.15) is 5.60 Å². The molecule has 0 unspecified atom stereocenters. The van der Waals surface area contributed by atoms with Crippen LogP contribution in [0.4, 0.5) is 4.79 Å². The van der Waals surface area contributed by atoms with Gasteiger partial charge < -0.3 is 20.3 Å². The molecule has 2 rings (SSSR count). The molecule has 0 aromatic carbocycles. The van der Waals surface area contributed by atoms with Gasteiger partial charge in [-0.3, -0.25) is 14.6 Å². The van der Waals surface area contributed by atoms with E-state index in [1.54, 1.807) is 23.4 Å². The highest BCUT2D eigenvalue weighted by Crippen LogP contribution is 2.14. The molecule has 0 aliphatic heterocycles. The van der Waals surface area contributed by atoms with Crippen molar-refractivity contribution in [1.29, 1.82) is 0 Å². The van der Waals surface area contributed by atoms with Gasteiger partial charge >= 0.3 is 6.09 Å². The van der Waals surface area contributed by atoms with E-state index in [-0.39, 0.29) is 18.4 Å². The van der Waals surface area contributed by atoms with Crippen LogP contribution in [0.2, 0.25) is 0 Å². The smallest absolute Gasteiger partial charge is 0.410 e. The number of thiophene rings is 1. The summed E-state index contributed by atoms with van der Waals surface area (Å²) in [5.74, 6) is -0.543. The van der Waals surface area contributed by atoms with E-state index in [1.165, 1.54) is 11.3 Å². The van der Waals surface area contributed by atoms with Crippen LogP contribution in [0.25, 0.3) is 0 Å². The third kappa shape index (κ3) is 9.17. The SMILES string of the molecule is Cc1ccc(C(=O)NCC(=O)NCCCN(Cc2cccnc2)C(=O)OC(C)(C)C)s1. The third-order valence-electron chi connectivity index (χ3n) is 4.05. The summed E-state index contributed by atoms with van der Waals surface area (Å²) in [5, 5.41) is 5.37. The molecule has 0 bridgehead atoms. The van der Waals surface area contributed by atoms with Crippen molar-refractivity contribution in [1.82, 2.24) is 20.5 Å². The maximum Gasteiger partial charge on any atom is 0.410 e. The summed E-state index contributed by atoms with van der Waals surface area (Å²) in [4.78, 5) is 43.8. The highest BCUT2D eigenvalue weighted by Gasteiger charge is 2.22. The highest BCUT2D eigenvalue weighted by atomic mass is 32.1. The lowest BCUT2D eigenvalue weighted by atomic mass is 10.2. The molecule has 0 radical (unpaired) electrons. The molecule has 3 amide bonds. The number of amides is 3. The second kappa shape index (κ2) is 11.5. The molecule has 168 valence electrons. The maximum absolute atomic E-state index is 12.6. The average Bonchev–Trinajstić information content (AvgIpc) is 3.14. The van der Waals surface area contributed by atoms with Gasteiger partial charge in [0.05, 0.1) is 18.0 Å². The first-order valence-corrected chi connectivity index (χ1v) is 10.9. The van der Waals surface area contributed by atoms with Crippen molar-refractivity contribution in [2.75, 3.05) is 19.6 Å². The molecule has 2 aromatic heterocycles. The van der Waals surface area contributed by atoms with Gasteiger partial charge in [-0.2, -0.15) is 0 Å². The summed E-state index contributed by atoms with van der Waals surface area (Å²) in [6.07, 6.45) is 3.51. The molecular formula is C22H30N4O4S. The number of ether oxygens (including phenoxy) is 1. The van der Waals surface area contributed by atoms with Gasteiger partial charge in [0.15, 0.2) is 0 Å². The minimum Gasteiger partial charge on any atom is -0.444 e. The summed E-state index contributed by atoms with van der Waals surface area (Å²) in [6, 6.07) is 7.31. The number of carbonyl (C=O) groups excluding carboxylic acids is 3. The van der Waals surface area contributed by atoms with Crippen LogP contribution in [0.3, 0.4) is 0 Å². The second-order valence-corrected chi connectivity index (χ2v) is 9.35. The quantitative estimate of drug-likeness (QED) is 0.577. The van der Waals surface area contributed by atoms with Crippen molar-refractivity contribution in [2.45, 2.75) is 46.3 Å². The van der Waals surface area contributed by atoms with E-state index in [2.05, 4.69) is 15.6 Å². The number of rotatable bonds is 9. The lowest BCUT2D eigenvalue weighted by molar-refractivity contribution is -0.120. The Bertz CT molecular complexity index is 877. The Labute approximate surface area is 187 Å². The van der Waals surface area contributed by atoms with Crippen molar-refractivity contribution in [2.24, 2.45) is 0 Å². The predicted molar refractivity (Wildman–Crippen MR) is 120 cm³/mol. The summed E-state index contributed by atoms with van der Waals surface area (Å²) < 4.78 is 5.49. The first-order valence-electron chi connectivity index (χ1n) is 10.1. The fraction of sp³-hybridized carbons (Fsp3) is 0.455. The fourth-order valence-corrected chi connectivity index (χ4v) is 3.42.